The third-order valence-corrected chi connectivity index (χ3v) is 4.39. The van der Waals surface area contributed by atoms with E-state index in [0.29, 0.717) is 23.7 Å². The van der Waals surface area contributed by atoms with Crippen LogP contribution in [-0.4, -0.2) is 26.7 Å². The SMILES string of the molecule is COc1ccc(OC)c(NCC(=O)N(Cc2ccccc2)c2ccccc2)c1. The minimum absolute atomic E-state index is 0.0417. The van der Waals surface area contributed by atoms with Gasteiger partial charge in [0.15, 0.2) is 0 Å². The van der Waals surface area contributed by atoms with Gasteiger partial charge in [-0.15, -0.1) is 0 Å². The number of carbonyl (C=O) groups is 1. The van der Waals surface area contributed by atoms with E-state index in [0.717, 1.165) is 11.3 Å². The molecule has 144 valence electrons. The van der Waals surface area contributed by atoms with E-state index < -0.39 is 0 Å². The van der Waals surface area contributed by atoms with Gasteiger partial charge < -0.3 is 19.7 Å². The third-order valence-electron chi connectivity index (χ3n) is 4.39. The van der Waals surface area contributed by atoms with Crippen LogP contribution >= 0.6 is 0 Å². The Hall–Kier alpha value is -3.47. The van der Waals surface area contributed by atoms with Crippen molar-refractivity contribution in [1.82, 2.24) is 0 Å². The zero-order valence-electron chi connectivity index (χ0n) is 16.1. The van der Waals surface area contributed by atoms with Gasteiger partial charge in [-0.3, -0.25) is 4.79 Å². The standard InChI is InChI=1S/C23H24N2O3/c1-27-20-13-14-22(28-2)21(15-20)24-16-23(26)25(19-11-7-4-8-12-19)17-18-9-5-3-6-10-18/h3-15,24H,16-17H2,1-2H3. The maximum Gasteiger partial charge on any atom is 0.246 e. The summed E-state index contributed by atoms with van der Waals surface area (Å²) in [5.74, 6) is 1.31. The van der Waals surface area contributed by atoms with E-state index in [-0.39, 0.29) is 12.5 Å². The fraction of sp³-hybridized carbons (Fsp3) is 0.174. The van der Waals surface area contributed by atoms with Gasteiger partial charge in [-0.05, 0) is 29.8 Å². The molecule has 0 unspecified atom stereocenters. The van der Waals surface area contributed by atoms with E-state index in [2.05, 4.69) is 5.32 Å². The molecular weight excluding hydrogens is 352 g/mol. The number of hydrogen-bond donors (Lipinski definition) is 1. The summed E-state index contributed by atoms with van der Waals surface area (Å²) in [6.07, 6.45) is 0. The molecule has 1 amide bonds. The summed E-state index contributed by atoms with van der Waals surface area (Å²) in [6, 6.07) is 25.1. The zero-order valence-corrected chi connectivity index (χ0v) is 16.1. The van der Waals surface area contributed by atoms with Gasteiger partial charge in [0.2, 0.25) is 5.91 Å². The number of nitrogens with one attached hydrogen (secondary N) is 1. The average molecular weight is 376 g/mol. The van der Waals surface area contributed by atoms with Gasteiger partial charge in [-0.25, -0.2) is 0 Å². The van der Waals surface area contributed by atoms with Gasteiger partial charge in [0, 0.05) is 11.8 Å². The summed E-state index contributed by atoms with van der Waals surface area (Å²) in [4.78, 5) is 14.8. The molecule has 5 nitrogen and oxygen atoms in total. The molecule has 0 fully saturated rings. The van der Waals surface area contributed by atoms with Crippen LogP contribution in [0, 0.1) is 0 Å². The number of amides is 1. The van der Waals surface area contributed by atoms with Crippen molar-refractivity contribution in [3.63, 3.8) is 0 Å². The Balaban J connectivity index is 1.78. The lowest BCUT2D eigenvalue weighted by Crippen LogP contribution is -2.35. The second-order valence-corrected chi connectivity index (χ2v) is 6.22. The van der Waals surface area contributed by atoms with Crippen LogP contribution in [0.5, 0.6) is 11.5 Å². The number of nitrogens with zero attached hydrogens (tertiary/aromatic N) is 1. The summed E-state index contributed by atoms with van der Waals surface area (Å²) in [7, 11) is 3.20. The Morgan fingerprint density at radius 1 is 0.893 bits per heavy atom. The van der Waals surface area contributed by atoms with E-state index in [1.165, 1.54) is 0 Å². The molecule has 0 radical (unpaired) electrons. The Morgan fingerprint density at radius 3 is 2.21 bits per heavy atom. The molecule has 28 heavy (non-hydrogen) atoms. The molecule has 3 rings (SSSR count). The molecule has 0 aliphatic heterocycles. The van der Waals surface area contributed by atoms with Crippen molar-refractivity contribution in [3.8, 4) is 11.5 Å². The van der Waals surface area contributed by atoms with E-state index in [1.54, 1.807) is 19.1 Å². The number of anilines is 2. The van der Waals surface area contributed by atoms with Gasteiger partial charge in [0.1, 0.15) is 11.5 Å². The molecule has 0 spiro atoms. The highest BCUT2D eigenvalue weighted by atomic mass is 16.5. The van der Waals surface area contributed by atoms with Crippen molar-refractivity contribution in [2.75, 3.05) is 31.0 Å². The van der Waals surface area contributed by atoms with Crippen molar-refractivity contribution in [2.24, 2.45) is 0 Å². The predicted octanol–water partition coefficient (Wildman–Crippen LogP) is 4.35. The van der Waals surface area contributed by atoms with Crippen molar-refractivity contribution in [3.05, 3.63) is 84.4 Å². The normalized spacial score (nSPS) is 10.2. The van der Waals surface area contributed by atoms with Crippen LogP contribution in [0.25, 0.3) is 0 Å². The van der Waals surface area contributed by atoms with Gasteiger partial charge in [0.05, 0.1) is 33.0 Å². The molecule has 3 aromatic carbocycles. The number of para-hydroxylation sites is 1. The second kappa shape index (κ2) is 9.46. The molecule has 0 saturated heterocycles. The van der Waals surface area contributed by atoms with E-state index >= 15 is 0 Å². The topological polar surface area (TPSA) is 50.8 Å². The lowest BCUT2D eigenvalue weighted by molar-refractivity contribution is -0.117. The first-order chi connectivity index (χ1) is 13.7. The largest absolute Gasteiger partial charge is 0.497 e. The van der Waals surface area contributed by atoms with E-state index in [1.807, 2.05) is 78.9 Å². The van der Waals surface area contributed by atoms with E-state index in [9.17, 15) is 4.79 Å². The van der Waals surface area contributed by atoms with Crippen LogP contribution in [0.1, 0.15) is 5.56 Å². The molecule has 0 aliphatic rings. The summed E-state index contributed by atoms with van der Waals surface area (Å²) in [6.45, 7) is 0.631. The fourth-order valence-electron chi connectivity index (χ4n) is 2.92. The number of carbonyl (C=O) groups excluding carboxylic acids is 1. The van der Waals surface area contributed by atoms with Crippen molar-refractivity contribution in [1.29, 1.82) is 0 Å². The van der Waals surface area contributed by atoms with Crippen molar-refractivity contribution < 1.29 is 14.3 Å². The summed E-state index contributed by atoms with van der Waals surface area (Å²) in [5.41, 5.74) is 2.64. The molecule has 0 aliphatic carbocycles. The molecule has 3 aromatic rings. The minimum Gasteiger partial charge on any atom is -0.497 e. The maximum atomic E-state index is 13.1. The highest BCUT2D eigenvalue weighted by molar-refractivity contribution is 5.96. The Labute approximate surface area is 165 Å². The lowest BCUT2D eigenvalue weighted by Gasteiger charge is -2.24. The Bertz CT molecular complexity index is 898. The number of ether oxygens (including phenoxy) is 2. The van der Waals surface area contributed by atoms with Gasteiger partial charge in [-0.1, -0.05) is 48.5 Å². The zero-order chi connectivity index (χ0) is 19.8. The first-order valence-electron chi connectivity index (χ1n) is 9.06. The smallest absolute Gasteiger partial charge is 0.246 e. The van der Waals surface area contributed by atoms with Gasteiger partial charge >= 0.3 is 0 Å². The highest BCUT2D eigenvalue weighted by Crippen LogP contribution is 2.29. The van der Waals surface area contributed by atoms with Gasteiger partial charge in [0.25, 0.3) is 0 Å². The van der Waals surface area contributed by atoms with Gasteiger partial charge in [-0.2, -0.15) is 0 Å². The number of hydrogen-bond acceptors (Lipinski definition) is 4. The molecule has 5 heteroatoms. The summed E-state index contributed by atoms with van der Waals surface area (Å²) in [5, 5.41) is 3.18. The predicted molar refractivity (Wildman–Crippen MR) is 112 cm³/mol. The highest BCUT2D eigenvalue weighted by Gasteiger charge is 2.17. The first-order valence-corrected chi connectivity index (χ1v) is 9.06. The summed E-state index contributed by atoms with van der Waals surface area (Å²) >= 11 is 0. The Kier molecular flexibility index (Phi) is 6.52. The van der Waals surface area contributed by atoms with Crippen molar-refractivity contribution >= 4 is 17.3 Å². The van der Waals surface area contributed by atoms with Crippen LogP contribution < -0.4 is 19.7 Å². The van der Waals surface area contributed by atoms with Crippen LogP contribution in [0.4, 0.5) is 11.4 Å². The molecule has 0 aromatic heterocycles. The molecule has 0 heterocycles. The first kappa shape index (κ1) is 19.3. The Morgan fingerprint density at radius 2 is 1.57 bits per heavy atom. The van der Waals surface area contributed by atoms with E-state index in [4.69, 9.17) is 9.47 Å². The van der Waals surface area contributed by atoms with Crippen molar-refractivity contribution in [2.45, 2.75) is 6.54 Å². The molecule has 1 N–H and O–H groups in total. The molecular formula is C23H24N2O3. The molecule has 0 atom stereocenters. The molecule has 0 saturated carbocycles. The van der Waals surface area contributed by atoms with Crippen LogP contribution in [0.15, 0.2) is 78.9 Å². The third kappa shape index (κ3) is 4.82. The molecule has 0 bridgehead atoms. The average Bonchev–Trinajstić information content (AvgIpc) is 2.76. The second-order valence-electron chi connectivity index (χ2n) is 6.22. The van der Waals surface area contributed by atoms with Crippen LogP contribution in [0.3, 0.4) is 0 Å². The summed E-state index contributed by atoms with van der Waals surface area (Å²) < 4.78 is 10.6. The minimum atomic E-state index is -0.0417. The fourth-order valence-corrected chi connectivity index (χ4v) is 2.92. The number of rotatable bonds is 8. The quantitative estimate of drug-likeness (QED) is 0.635. The van der Waals surface area contributed by atoms with Crippen LogP contribution in [0.2, 0.25) is 0 Å². The lowest BCUT2D eigenvalue weighted by atomic mass is 10.2. The van der Waals surface area contributed by atoms with Crippen LogP contribution in [-0.2, 0) is 11.3 Å². The monoisotopic (exact) mass is 376 g/mol. The number of benzene rings is 3. The maximum absolute atomic E-state index is 13.1. The number of methoxy groups -OCH3 is 2.